The lowest BCUT2D eigenvalue weighted by Gasteiger charge is -2.00. The Labute approximate surface area is 94.2 Å². The van der Waals surface area contributed by atoms with E-state index in [9.17, 15) is 10.1 Å². The van der Waals surface area contributed by atoms with Gasteiger partial charge in [-0.15, -0.1) is 0 Å². The first-order valence-corrected chi connectivity index (χ1v) is 5.05. The van der Waals surface area contributed by atoms with Crippen molar-refractivity contribution >= 4 is 21.6 Å². The highest BCUT2D eigenvalue weighted by Crippen LogP contribution is 2.31. The predicted octanol–water partition coefficient (Wildman–Crippen LogP) is 3.35. The Kier molecular flexibility index (Phi) is 2.55. The molecule has 5 heteroatoms. The molecule has 0 aliphatic rings. The van der Waals surface area contributed by atoms with Crippen LogP contribution in [0, 0.1) is 10.1 Å². The summed E-state index contributed by atoms with van der Waals surface area (Å²) >= 11 is 3.22. The number of hydrogen-bond acceptors (Lipinski definition) is 2. The zero-order valence-corrected chi connectivity index (χ0v) is 9.19. The average molecular weight is 267 g/mol. The molecule has 2 rings (SSSR count). The van der Waals surface area contributed by atoms with Crippen molar-refractivity contribution in [2.45, 2.75) is 0 Å². The van der Waals surface area contributed by atoms with Crippen LogP contribution in [0.5, 0.6) is 0 Å². The van der Waals surface area contributed by atoms with Crippen molar-refractivity contribution in [3.63, 3.8) is 0 Å². The summed E-state index contributed by atoms with van der Waals surface area (Å²) in [6.07, 6.45) is 3.47. The molecule has 4 nitrogen and oxygen atoms in total. The van der Waals surface area contributed by atoms with Crippen LogP contribution in [-0.4, -0.2) is 9.91 Å². The fourth-order valence-electron chi connectivity index (χ4n) is 1.39. The van der Waals surface area contributed by atoms with Crippen LogP contribution < -0.4 is 0 Å². The maximum Gasteiger partial charge on any atom is 0.278 e. The molecular weight excluding hydrogens is 260 g/mol. The summed E-state index contributed by atoms with van der Waals surface area (Å²) < 4.78 is 0.702. The number of nitro benzene ring substituents is 1. The summed E-state index contributed by atoms with van der Waals surface area (Å²) in [5, 5.41) is 10.8. The topological polar surface area (TPSA) is 58.9 Å². The van der Waals surface area contributed by atoms with Crippen molar-refractivity contribution in [3.05, 3.63) is 51.2 Å². The van der Waals surface area contributed by atoms with E-state index in [-0.39, 0.29) is 10.6 Å². The van der Waals surface area contributed by atoms with E-state index >= 15 is 0 Å². The van der Waals surface area contributed by atoms with Gasteiger partial charge < -0.3 is 4.98 Å². The first kappa shape index (κ1) is 9.92. The molecule has 0 unspecified atom stereocenters. The van der Waals surface area contributed by atoms with E-state index in [1.165, 1.54) is 6.07 Å². The lowest BCUT2D eigenvalue weighted by Crippen LogP contribution is -1.91. The van der Waals surface area contributed by atoms with Crippen molar-refractivity contribution in [1.29, 1.82) is 0 Å². The molecule has 0 saturated heterocycles. The molecule has 0 amide bonds. The van der Waals surface area contributed by atoms with E-state index in [4.69, 9.17) is 0 Å². The van der Waals surface area contributed by atoms with Gasteiger partial charge >= 0.3 is 0 Å². The van der Waals surface area contributed by atoms with Crippen LogP contribution in [0.2, 0.25) is 0 Å². The molecule has 0 aliphatic carbocycles. The van der Waals surface area contributed by atoms with E-state index in [1.807, 2.05) is 0 Å². The molecule has 1 N–H and O–H groups in total. The van der Waals surface area contributed by atoms with Crippen LogP contribution in [0.15, 0.2) is 41.1 Å². The van der Waals surface area contributed by atoms with Gasteiger partial charge in [0.15, 0.2) is 0 Å². The van der Waals surface area contributed by atoms with E-state index < -0.39 is 0 Å². The Balaban J connectivity index is 2.61. The fraction of sp³-hybridized carbons (Fsp3) is 0. The quantitative estimate of drug-likeness (QED) is 0.670. The van der Waals surface area contributed by atoms with Gasteiger partial charge in [0.25, 0.3) is 5.69 Å². The SMILES string of the molecule is O=[N+]([O-])c1cc(Br)ccc1-c1cc[nH]c1. The predicted molar refractivity (Wildman–Crippen MR) is 60.6 cm³/mol. The number of aromatic nitrogens is 1. The van der Waals surface area contributed by atoms with Gasteiger partial charge in [-0.2, -0.15) is 0 Å². The normalized spacial score (nSPS) is 10.2. The molecule has 0 saturated carbocycles. The number of nitrogens with zero attached hydrogens (tertiary/aromatic N) is 1. The van der Waals surface area contributed by atoms with Gasteiger partial charge in [0.05, 0.1) is 10.5 Å². The molecular formula is C10H7BrN2O2. The zero-order chi connectivity index (χ0) is 10.8. The Morgan fingerprint density at radius 3 is 2.73 bits per heavy atom. The van der Waals surface area contributed by atoms with Gasteiger partial charge in [0.1, 0.15) is 0 Å². The third kappa shape index (κ3) is 1.92. The highest BCUT2D eigenvalue weighted by atomic mass is 79.9. The molecule has 0 bridgehead atoms. The number of rotatable bonds is 2. The van der Waals surface area contributed by atoms with E-state index in [0.29, 0.717) is 10.0 Å². The van der Waals surface area contributed by atoms with Gasteiger partial charge in [-0.05, 0) is 18.2 Å². The van der Waals surface area contributed by atoms with E-state index in [0.717, 1.165) is 5.56 Å². The third-order valence-corrected chi connectivity index (χ3v) is 2.56. The van der Waals surface area contributed by atoms with Gasteiger partial charge in [0.2, 0.25) is 0 Å². The van der Waals surface area contributed by atoms with Crippen molar-refractivity contribution in [2.75, 3.05) is 0 Å². The van der Waals surface area contributed by atoms with Crippen molar-refractivity contribution < 1.29 is 4.92 Å². The summed E-state index contributed by atoms with van der Waals surface area (Å²) in [6.45, 7) is 0. The molecule has 15 heavy (non-hydrogen) atoms. The number of nitro groups is 1. The molecule has 1 aromatic carbocycles. The van der Waals surface area contributed by atoms with Gasteiger partial charge in [-0.1, -0.05) is 15.9 Å². The van der Waals surface area contributed by atoms with Crippen LogP contribution in [-0.2, 0) is 0 Å². The van der Waals surface area contributed by atoms with Gasteiger partial charge in [-0.3, -0.25) is 10.1 Å². The largest absolute Gasteiger partial charge is 0.367 e. The first-order valence-electron chi connectivity index (χ1n) is 4.25. The molecule has 1 heterocycles. The molecule has 2 aromatic rings. The lowest BCUT2D eigenvalue weighted by molar-refractivity contribution is -0.384. The second-order valence-electron chi connectivity index (χ2n) is 3.02. The molecule has 0 fully saturated rings. The zero-order valence-electron chi connectivity index (χ0n) is 7.61. The van der Waals surface area contributed by atoms with Crippen molar-refractivity contribution in [2.24, 2.45) is 0 Å². The van der Waals surface area contributed by atoms with Gasteiger partial charge in [-0.25, -0.2) is 0 Å². The number of aromatic amines is 1. The Morgan fingerprint density at radius 2 is 2.13 bits per heavy atom. The summed E-state index contributed by atoms with van der Waals surface area (Å²) in [5.74, 6) is 0. The molecule has 0 atom stereocenters. The minimum absolute atomic E-state index is 0.101. The van der Waals surface area contributed by atoms with Crippen molar-refractivity contribution in [3.8, 4) is 11.1 Å². The fourth-order valence-corrected chi connectivity index (χ4v) is 1.74. The average Bonchev–Trinajstić information content (AvgIpc) is 2.70. The number of H-pyrrole nitrogens is 1. The number of halogens is 1. The van der Waals surface area contributed by atoms with Crippen LogP contribution in [0.1, 0.15) is 0 Å². The summed E-state index contributed by atoms with van der Waals surface area (Å²) in [5.41, 5.74) is 1.53. The minimum Gasteiger partial charge on any atom is -0.367 e. The molecule has 0 aliphatic heterocycles. The van der Waals surface area contributed by atoms with Gasteiger partial charge in [0, 0.05) is 28.5 Å². The summed E-state index contributed by atoms with van der Waals surface area (Å²) in [7, 11) is 0. The highest BCUT2D eigenvalue weighted by molar-refractivity contribution is 9.10. The maximum absolute atomic E-state index is 10.8. The van der Waals surface area contributed by atoms with Crippen molar-refractivity contribution in [1.82, 2.24) is 4.98 Å². The molecule has 76 valence electrons. The number of benzene rings is 1. The maximum atomic E-state index is 10.8. The van der Waals surface area contributed by atoms with Crippen LogP contribution in [0.4, 0.5) is 5.69 Å². The second-order valence-corrected chi connectivity index (χ2v) is 3.93. The minimum atomic E-state index is -0.382. The third-order valence-electron chi connectivity index (χ3n) is 2.07. The van der Waals surface area contributed by atoms with E-state index in [1.54, 1.807) is 30.6 Å². The molecule has 0 spiro atoms. The summed E-state index contributed by atoms with van der Waals surface area (Å²) in [4.78, 5) is 13.3. The standard InChI is InChI=1S/C10H7BrN2O2/c11-8-1-2-9(7-3-4-12-6-7)10(5-8)13(14)15/h1-6,12H. The molecule has 1 aromatic heterocycles. The van der Waals surface area contributed by atoms with E-state index in [2.05, 4.69) is 20.9 Å². The molecule has 0 radical (unpaired) electrons. The number of nitrogens with one attached hydrogen (secondary N) is 1. The monoisotopic (exact) mass is 266 g/mol. The first-order chi connectivity index (χ1) is 7.18. The van der Waals surface area contributed by atoms with Crippen LogP contribution in [0.25, 0.3) is 11.1 Å². The van der Waals surface area contributed by atoms with Crippen LogP contribution in [0.3, 0.4) is 0 Å². The number of hydrogen-bond donors (Lipinski definition) is 1. The smallest absolute Gasteiger partial charge is 0.278 e. The Bertz CT molecular complexity index is 494. The highest BCUT2D eigenvalue weighted by Gasteiger charge is 2.15. The lowest BCUT2D eigenvalue weighted by atomic mass is 10.1. The van der Waals surface area contributed by atoms with Crippen LogP contribution >= 0.6 is 15.9 Å². The second kappa shape index (κ2) is 3.86. The Hall–Kier alpha value is -1.62. The summed E-state index contributed by atoms with van der Waals surface area (Å²) in [6, 6.07) is 6.82. The Morgan fingerprint density at radius 1 is 1.33 bits per heavy atom.